The standard InChI is InChI=1S/C27H29FN6/c1-3-29-27-30-16-15-23(31-27)26-25(20-9-11-21(28)12-10-20)32-24-14-13-22(34(24)26)18-33(2)17-19-7-5-4-6-8-19/h4-12,15-16,22H,3,13-14,17-18H2,1-2H3,(H,29,30,31)/t22-/m0/s1. The number of hydrogen-bond acceptors (Lipinski definition) is 5. The van der Waals surface area contributed by atoms with E-state index in [4.69, 9.17) is 9.97 Å². The van der Waals surface area contributed by atoms with Crippen molar-refractivity contribution < 1.29 is 4.39 Å². The van der Waals surface area contributed by atoms with Crippen LogP contribution in [-0.4, -0.2) is 44.6 Å². The highest BCUT2D eigenvalue weighted by Crippen LogP contribution is 2.39. The summed E-state index contributed by atoms with van der Waals surface area (Å²) >= 11 is 0. The molecule has 1 aliphatic rings. The highest BCUT2D eigenvalue weighted by Gasteiger charge is 2.31. The molecule has 0 saturated heterocycles. The van der Waals surface area contributed by atoms with Gasteiger partial charge in [-0.1, -0.05) is 30.3 Å². The van der Waals surface area contributed by atoms with E-state index >= 15 is 0 Å². The summed E-state index contributed by atoms with van der Waals surface area (Å²) in [4.78, 5) is 16.5. The molecular formula is C27H29FN6. The van der Waals surface area contributed by atoms with Gasteiger partial charge in [0.1, 0.15) is 11.6 Å². The van der Waals surface area contributed by atoms with Crippen molar-refractivity contribution in [1.29, 1.82) is 0 Å². The van der Waals surface area contributed by atoms with Crippen LogP contribution in [0.2, 0.25) is 0 Å². The molecule has 5 rings (SSSR count). The number of nitrogens with zero attached hydrogens (tertiary/aromatic N) is 5. The number of hydrogen-bond donors (Lipinski definition) is 1. The summed E-state index contributed by atoms with van der Waals surface area (Å²) in [6, 6.07) is 19.3. The third-order valence-electron chi connectivity index (χ3n) is 6.22. The zero-order chi connectivity index (χ0) is 23.5. The molecule has 34 heavy (non-hydrogen) atoms. The SMILES string of the molecule is CCNc1nccc(-c2c(-c3ccc(F)cc3)nc3n2[C@H](CN(C)Cc2ccccc2)CC3)n1. The molecule has 1 N–H and O–H groups in total. The number of benzene rings is 2. The first-order valence-electron chi connectivity index (χ1n) is 11.8. The smallest absolute Gasteiger partial charge is 0.223 e. The number of fused-ring (bicyclic) bond motifs is 1. The van der Waals surface area contributed by atoms with Crippen LogP contribution < -0.4 is 5.32 Å². The van der Waals surface area contributed by atoms with Gasteiger partial charge < -0.3 is 14.8 Å². The highest BCUT2D eigenvalue weighted by molar-refractivity contribution is 5.78. The molecule has 0 saturated carbocycles. The minimum atomic E-state index is -0.256. The molecule has 0 amide bonds. The molecule has 1 aliphatic heterocycles. The van der Waals surface area contributed by atoms with Crippen molar-refractivity contribution in [2.45, 2.75) is 32.4 Å². The predicted octanol–water partition coefficient (Wildman–Crippen LogP) is 5.20. The molecule has 0 spiro atoms. The topological polar surface area (TPSA) is 58.9 Å². The van der Waals surface area contributed by atoms with Gasteiger partial charge in [0, 0.05) is 43.9 Å². The maximum atomic E-state index is 13.6. The van der Waals surface area contributed by atoms with E-state index < -0.39 is 0 Å². The Hall–Kier alpha value is -3.58. The van der Waals surface area contributed by atoms with Crippen LogP contribution in [0.4, 0.5) is 10.3 Å². The van der Waals surface area contributed by atoms with Crippen molar-refractivity contribution in [3.05, 3.63) is 84.1 Å². The fourth-order valence-corrected chi connectivity index (χ4v) is 4.75. The van der Waals surface area contributed by atoms with E-state index in [0.717, 1.165) is 60.9 Å². The van der Waals surface area contributed by atoms with Crippen LogP contribution >= 0.6 is 0 Å². The van der Waals surface area contributed by atoms with E-state index in [2.05, 4.69) is 51.1 Å². The van der Waals surface area contributed by atoms with Crippen molar-refractivity contribution in [2.24, 2.45) is 0 Å². The number of rotatable bonds is 8. The number of imidazole rings is 1. The first-order valence-corrected chi connectivity index (χ1v) is 11.8. The largest absolute Gasteiger partial charge is 0.354 e. The molecule has 6 nitrogen and oxygen atoms in total. The first-order chi connectivity index (χ1) is 16.6. The second-order valence-electron chi connectivity index (χ2n) is 8.77. The number of aromatic nitrogens is 4. The molecule has 174 valence electrons. The minimum absolute atomic E-state index is 0.256. The summed E-state index contributed by atoms with van der Waals surface area (Å²) in [5.41, 5.74) is 4.82. The van der Waals surface area contributed by atoms with Crippen LogP contribution in [-0.2, 0) is 13.0 Å². The van der Waals surface area contributed by atoms with Gasteiger partial charge in [-0.3, -0.25) is 0 Å². The summed E-state index contributed by atoms with van der Waals surface area (Å²) in [5.74, 6) is 1.39. The number of likely N-dealkylation sites (N-methyl/N-ethyl adjacent to an activating group) is 1. The van der Waals surface area contributed by atoms with Crippen molar-refractivity contribution in [1.82, 2.24) is 24.4 Å². The van der Waals surface area contributed by atoms with E-state index in [-0.39, 0.29) is 11.9 Å². The normalized spacial score (nSPS) is 15.0. The summed E-state index contributed by atoms with van der Waals surface area (Å²) in [6.07, 6.45) is 3.71. The van der Waals surface area contributed by atoms with Gasteiger partial charge in [0.15, 0.2) is 0 Å². The van der Waals surface area contributed by atoms with Gasteiger partial charge in [-0.05, 0) is 56.3 Å². The van der Waals surface area contributed by atoms with Crippen LogP contribution in [0.25, 0.3) is 22.6 Å². The molecule has 0 fully saturated rings. The summed E-state index contributed by atoms with van der Waals surface area (Å²) in [6.45, 7) is 4.56. The van der Waals surface area contributed by atoms with Gasteiger partial charge in [-0.2, -0.15) is 0 Å². The first kappa shape index (κ1) is 22.2. The zero-order valence-corrected chi connectivity index (χ0v) is 19.6. The van der Waals surface area contributed by atoms with E-state index in [1.165, 1.54) is 17.7 Å². The Bertz CT molecular complexity index is 1250. The Morgan fingerprint density at radius 3 is 2.62 bits per heavy atom. The van der Waals surface area contributed by atoms with E-state index in [1.807, 2.05) is 19.1 Å². The lowest BCUT2D eigenvalue weighted by molar-refractivity contribution is 0.274. The molecule has 1 atom stereocenters. The zero-order valence-electron chi connectivity index (χ0n) is 19.6. The Labute approximate surface area is 199 Å². The lowest BCUT2D eigenvalue weighted by Gasteiger charge is -2.24. The third-order valence-corrected chi connectivity index (χ3v) is 6.22. The van der Waals surface area contributed by atoms with Crippen molar-refractivity contribution in [3.63, 3.8) is 0 Å². The molecule has 3 heterocycles. The van der Waals surface area contributed by atoms with Crippen molar-refractivity contribution in [2.75, 3.05) is 25.5 Å². The van der Waals surface area contributed by atoms with Gasteiger partial charge in [-0.25, -0.2) is 19.3 Å². The summed E-state index contributed by atoms with van der Waals surface area (Å²) in [5, 5.41) is 3.21. The number of anilines is 1. The summed E-state index contributed by atoms with van der Waals surface area (Å²) < 4.78 is 16.0. The Kier molecular flexibility index (Phi) is 6.36. The van der Waals surface area contributed by atoms with Gasteiger partial charge in [-0.15, -0.1) is 0 Å². The highest BCUT2D eigenvalue weighted by atomic mass is 19.1. The number of halogens is 1. The molecule has 7 heteroatoms. The van der Waals surface area contributed by atoms with Crippen LogP contribution in [0.3, 0.4) is 0 Å². The molecular weight excluding hydrogens is 427 g/mol. The predicted molar refractivity (Wildman–Crippen MR) is 133 cm³/mol. The second kappa shape index (κ2) is 9.73. The monoisotopic (exact) mass is 456 g/mol. The van der Waals surface area contributed by atoms with Gasteiger partial charge in [0.25, 0.3) is 0 Å². The quantitative estimate of drug-likeness (QED) is 0.395. The Balaban J connectivity index is 1.53. The average molecular weight is 457 g/mol. The Morgan fingerprint density at radius 2 is 1.85 bits per heavy atom. The summed E-state index contributed by atoms with van der Waals surface area (Å²) in [7, 11) is 2.16. The van der Waals surface area contributed by atoms with Crippen LogP contribution in [0, 0.1) is 5.82 Å². The fraction of sp³-hybridized carbons (Fsp3) is 0.296. The average Bonchev–Trinajstić information content (AvgIpc) is 3.40. The molecule has 2 aromatic carbocycles. The fourth-order valence-electron chi connectivity index (χ4n) is 4.75. The van der Waals surface area contributed by atoms with E-state index in [1.54, 1.807) is 18.3 Å². The molecule has 2 aromatic heterocycles. The number of aryl methyl sites for hydroxylation is 1. The van der Waals surface area contributed by atoms with Gasteiger partial charge in [0.2, 0.25) is 5.95 Å². The molecule has 0 aliphatic carbocycles. The molecule has 4 aromatic rings. The third kappa shape index (κ3) is 4.56. The van der Waals surface area contributed by atoms with Crippen LogP contribution in [0.1, 0.15) is 30.8 Å². The second-order valence-corrected chi connectivity index (χ2v) is 8.77. The van der Waals surface area contributed by atoms with Gasteiger partial charge in [0.05, 0.1) is 17.1 Å². The lowest BCUT2D eigenvalue weighted by atomic mass is 10.1. The lowest BCUT2D eigenvalue weighted by Crippen LogP contribution is -2.26. The number of nitrogens with one attached hydrogen (secondary N) is 1. The molecule has 0 bridgehead atoms. The molecule has 0 unspecified atom stereocenters. The minimum Gasteiger partial charge on any atom is -0.354 e. The maximum Gasteiger partial charge on any atom is 0.223 e. The Morgan fingerprint density at radius 1 is 1.06 bits per heavy atom. The molecule has 0 radical (unpaired) electrons. The van der Waals surface area contributed by atoms with E-state index in [9.17, 15) is 4.39 Å². The maximum absolute atomic E-state index is 13.6. The van der Waals surface area contributed by atoms with Gasteiger partial charge >= 0.3 is 0 Å². The van der Waals surface area contributed by atoms with Crippen molar-refractivity contribution >= 4 is 5.95 Å². The van der Waals surface area contributed by atoms with Crippen molar-refractivity contribution in [3.8, 4) is 22.6 Å². The van der Waals surface area contributed by atoms with E-state index in [0.29, 0.717) is 5.95 Å². The van der Waals surface area contributed by atoms with Crippen LogP contribution in [0.5, 0.6) is 0 Å². The van der Waals surface area contributed by atoms with Crippen LogP contribution in [0.15, 0.2) is 66.9 Å².